The average Bonchev–Trinajstić information content (AvgIpc) is 2.42. The highest BCUT2D eigenvalue weighted by Crippen LogP contribution is 2.04. The van der Waals surface area contributed by atoms with Crippen molar-refractivity contribution in [3.63, 3.8) is 0 Å². The Morgan fingerprint density at radius 2 is 1.67 bits per heavy atom. The van der Waals surface area contributed by atoms with Gasteiger partial charge in [0.05, 0.1) is 5.92 Å². The Labute approximate surface area is 121 Å². The summed E-state index contributed by atoms with van der Waals surface area (Å²) < 4.78 is 8.34. The van der Waals surface area contributed by atoms with Crippen LogP contribution in [0.15, 0.2) is 0 Å². The van der Waals surface area contributed by atoms with E-state index in [9.17, 15) is 9.59 Å². The van der Waals surface area contributed by atoms with Gasteiger partial charge in [-0.3, -0.25) is 9.59 Å². The lowest BCUT2D eigenvalue weighted by Gasteiger charge is -2.01. The summed E-state index contributed by atoms with van der Waals surface area (Å²) in [4.78, 5) is 20.9. The highest BCUT2D eigenvalue weighted by atomic mass is 32.1. The molecule has 0 amide bonds. The molecular weight excluding hydrogens is 272 g/mol. The standard InChI is InChI=1S/C7H14O2S.C5H10O2S/c1-2-3-4-5-6-7(8)9-10;1-3-4(2)5(6)7-8/h10H,2-6H2,1H3;4,8H,3H2,1-2H3. The minimum absolute atomic E-state index is 0.0208. The van der Waals surface area contributed by atoms with Crippen LogP contribution >= 0.6 is 25.8 Å². The van der Waals surface area contributed by atoms with Crippen LogP contribution in [0.1, 0.15) is 59.3 Å². The van der Waals surface area contributed by atoms with Crippen molar-refractivity contribution in [3.8, 4) is 0 Å². The summed E-state index contributed by atoms with van der Waals surface area (Å²) >= 11 is 6.75. The maximum Gasteiger partial charge on any atom is 0.320 e. The molecular formula is C12H24O4S2. The zero-order valence-corrected chi connectivity index (χ0v) is 13.1. The topological polar surface area (TPSA) is 52.6 Å². The predicted molar refractivity (Wildman–Crippen MR) is 78.4 cm³/mol. The fourth-order valence-electron chi connectivity index (χ4n) is 0.998. The third kappa shape index (κ3) is 13.7. The first-order chi connectivity index (χ1) is 8.53. The lowest BCUT2D eigenvalue weighted by molar-refractivity contribution is -0.137. The summed E-state index contributed by atoms with van der Waals surface area (Å²) in [7, 11) is 0. The number of carbonyl (C=O) groups excluding carboxylic acids is 2. The van der Waals surface area contributed by atoms with E-state index in [1.165, 1.54) is 12.8 Å². The van der Waals surface area contributed by atoms with Crippen LogP contribution in [-0.4, -0.2) is 11.9 Å². The van der Waals surface area contributed by atoms with Gasteiger partial charge in [0.2, 0.25) is 0 Å². The second-order valence-corrected chi connectivity index (χ2v) is 4.36. The minimum Gasteiger partial charge on any atom is -0.395 e. The summed E-state index contributed by atoms with van der Waals surface area (Å²) in [5.41, 5.74) is 0. The first-order valence-corrected chi connectivity index (χ1v) is 6.95. The van der Waals surface area contributed by atoms with Gasteiger partial charge in [0.15, 0.2) is 0 Å². The van der Waals surface area contributed by atoms with Gasteiger partial charge in [0, 0.05) is 32.2 Å². The molecule has 0 aliphatic heterocycles. The number of hydrogen-bond donors (Lipinski definition) is 2. The van der Waals surface area contributed by atoms with E-state index in [2.05, 4.69) is 41.1 Å². The van der Waals surface area contributed by atoms with Gasteiger partial charge in [-0.1, -0.05) is 40.0 Å². The molecule has 18 heavy (non-hydrogen) atoms. The lowest BCUT2D eigenvalue weighted by atomic mass is 10.1. The van der Waals surface area contributed by atoms with Gasteiger partial charge in [0.25, 0.3) is 0 Å². The van der Waals surface area contributed by atoms with Crippen molar-refractivity contribution >= 4 is 37.8 Å². The van der Waals surface area contributed by atoms with Gasteiger partial charge in [-0.15, -0.1) is 0 Å². The maximum absolute atomic E-state index is 10.5. The van der Waals surface area contributed by atoms with Crippen molar-refractivity contribution in [1.29, 1.82) is 0 Å². The Kier molecular flexibility index (Phi) is 16.3. The van der Waals surface area contributed by atoms with Crippen molar-refractivity contribution in [3.05, 3.63) is 0 Å². The lowest BCUT2D eigenvalue weighted by Crippen LogP contribution is -2.08. The highest BCUT2D eigenvalue weighted by Gasteiger charge is 2.09. The van der Waals surface area contributed by atoms with Crippen LogP contribution in [0.3, 0.4) is 0 Å². The highest BCUT2D eigenvalue weighted by molar-refractivity contribution is 7.75. The van der Waals surface area contributed by atoms with Crippen LogP contribution < -0.4 is 0 Å². The molecule has 0 N–H and O–H groups in total. The van der Waals surface area contributed by atoms with E-state index in [0.29, 0.717) is 6.42 Å². The van der Waals surface area contributed by atoms with E-state index >= 15 is 0 Å². The van der Waals surface area contributed by atoms with Crippen molar-refractivity contribution in [1.82, 2.24) is 0 Å². The molecule has 108 valence electrons. The van der Waals surface area contributed by atoms with Gasteiger partial charge in [0.1, 0.15) is 0 Å². The predicted octanol–water partition coefficient (Wildman–Crippen LogP) is 3.77. The van der Waals surface area contributed by atoms with Gasteiger partial charge in [-0.25, -0.2) is 0 Å². The zero-order valence-electron chi connectivity index (χ0n) is 11.3. The normalized spacial score (nSPS) is 10.9. The van der Waals surface area contributed by atoms with Crippen molar-refractivity contribution in [2.75, 3.05) is 0 Å². The Morgan fingerprint density at radius 1 is 1.06 bits per heavy atom. The van der Waals surface area contributed by atoms with Crippen LogP contribution in [0, 0.1) is 5.92 Å². The van der Waals surface area contributed by atoms with E-state index in [4.69, 9.17) is 0 Å². The molecule has 0 aromatic carbocycles. The molecule has 0 heterocycles. The van der Waals surface area contributed by atoms with E-state index in [1.807, 2.05) is 6.92 Å². The molecule has 1 atom stereocenters. The monoisotopic (exact) mass is 296 g/mol. The molecule has 0 saturated heterocycles. The molecule has 0 aromatic heterocycles. The quantitative estimate of drug-likeness (QED) is 0.426. The molecule has 0 bridgehead atoms. The first-order valence-electron chi connectivity index (χ1n) is 6.22. The number of thiol groups is 2. The van der Waals surface area contributed by atoms with Gasteiger partial charge < -0.3 is 8.37 Å². The summed E-state index contributed by atoms with van der Waals surface area (Å²) in [6, 6.07) is 0. The van der Waals surface area contributed by atoms with Crippen LogP contribution in [0.25, 0.3) is 0 Å². The van der Waals surface area contributed by atoms with Crippen LogP contribution in [-0.2, 0) is 18.0 Å². The van der Waals surface area contributed by atoms with Gasteiger partial charge in [-0.2, -0.15) is 0 Å². The van der Waals surface area contributed by atoms with E-state index in [1.54, 1.807) is 6.92 Å². The second-order valence-electron chi connectivity index (χ2n) is 3.99. The second kappa shape index (κ2) is 14.7. The molecule has 0 aliphatic rings. The Bertz CT molecular complexity index is 222. The Balaban J connectivity index is 0. The molecule has 0 fully saturated rings. The van der Waals surface area contributed by atoms with E-state index in [0.717, 1.165) is 19.3 Å². The third-order valence-corrected chi connectivity index (χ3v) is 2.82. The molecule has 0 saturated carbocycles. The number of rotatable bonds is 7. The zero-order chi connectivity index (χ0) is 14.4. The van der Waals surface area contributed by atoms with Crippen molar-refractivity contribution in [2.24, 2.45) is 5.92 Å². The van der Waals surface area contributed by atoms with Crippen molar-refractivity contribution in [2.45, 2.75) is 59.3 Å². The number of unbranched alkanes of at least 4 members (excludes halogenated alkanes) is 3. The Morgan fingerprint density at radius 3 is 2.00 bits per heavy atom. The fraction of sp³-hybridized carbons (Fsp3) is 0.833. The smallest absolute Gasteiger partial charge is 0.320 e. The van der Waals surface area contributed by atoms with Crippen LogP contribution in [0.2, 0.25) is 0 Å². The van der Waals surface area contributed by atoms with Crippen LogP contribution in [0.5, 0.6) is 0 Å². The third-order valence-electron chi connectivity index (χ3n) is 2.44. The molecule has 0 aromatic rings. The largest absolute Gasteiger partial charge is 0.395 e. The molecule has 6 heteroatoms. The number of carbonyl (C=O) groups is 2. The average molecular weight is 296 g/mol. The molecule has 0 spiro atoms. The first kappa shape index (κ1) is 20.0. The summed E-state index contributed by atoms with van der Waals surface area (Å²) in [5, 5.41) is 0. The molecule has 4 nitrogen and oxygen atoms in total. The van der Waals surface area contributed by atoms with Crippen molar-refractivity contribution < 1.29 is 18.0 Å². The van der Waals surface area contributed by atoms with Gasteiger partial charge in [-0.05, 0) is 12.8 Å². The minimum atomic E-state index is -0.254. The molecule has 0 radical (unpaired) electrons. The molecule has 1 unspecified atom stereocenters. The molecule has 0 aliphatic carbocycles. The number of hydrogen-bond acceptors (Lipinski definition) is 6. The molecule has 0 rings (SSSR count). The fourth-order valence-corrected chi connectivity index (χ4v) is 1.27. The van der Waals surface area contributed by atoms with E-state index in [-0.39, 0.29) is 17.9 Å². The Hall–Kier alpha value is -0.360. The summed E-state index contributed by atoms with van der Waals surface area (Å²) in [6.07, 6.45) is 5.73. The van der Waals surface area contributed by atoms with Crippen LogP contribution in [0.4, 0.5) is 0 Å². The summed E-state index contributed by atoms with van der Waals surface area (Å²) in [5.74, 6) is -0.497. The SMILES string of the molecule is CCC(C)C(=O)OS.CCCCCCC(=O)OS. The van der Waals surface area contributed by atoms with E-state index < -0.39 is 0 Å². The van der Waals surface area contributed by atoms with Gasteiger partial charge >= 0.3 is 11.9 Å². The summed E-state index contributed by atoms with van der Waals surface area (Å²) in [6.45, 7) is 5.87. The maximum atomic E-state index is 10.5.